The van der Waals surface area contributed by atoms with Crippen molar-refractivity contribution in [1.29, 1.82) is 0 Å². The number of hydrogen-bond donors (Lipinski definition) is 1. The molecule has 0 heterocycles. The number of carbonyl (C=O) groups is 1. The van der Waals surface area contributed by atoms with E-state index in [4.69, 9.17) is 4.74 Å². The molecule has 0 aromatic rings. The standard InChI is InChI=1S/C12H18N2O2.C2H6/c1-5-11(14-6-2)9-13-8-10(4)12(15)16-7-3;1-2/h5-6,13H,1-2,4,7-9H2,3H3;1-2H3. The van der Waals surface area contributed by atoms with Crippen LogP contribution < -0.4 is 5.32 Å². The summed E-state index contributed by atoms with van der Waals surface area (Å²) in [6.45, 7) is 17.7. The van der Waals surface area contributed by atoms with Crippen molar-refractivity contribution in [2.75, 3.05) is 19.7 Å². The highest BCUT2D eigenvalue weighted by molar-refractivity contribution is 5.96. The van der Waals surface area contributed by atoms with Gasteiger partial charge in [0.25, 0.3) is 0 Å². The van der Waals surface area contributed by atoms with Crippen molar-refractivity contribution >= 4 is 11.7 Å². The quantitative estimate of drug-likeness (QED) is 0.410. The average molecular weight is 252 g/mol. The van der Waals surface area contributed by atoms with Crippen LogP contribution in [0.4, 0.5) is 0 Å². The SMILES string of the molecule is C=CN=C(C=C)CNCC(=C)C(=O)OCC.CC. The Balaban J connectivity index is 0. The monoisotopic (exact) mass is 252 g/mol. The predicted molar refractivity (Wildman–Crippen MR) is 77.8 cm³/mol. The summed E-state index contributed by atoms with van der Waals surface area (Å²) in [5.41, 5.74) is 1.15. The fourth-order valence-electron chi connectivity index (χ4n) is 0.935. The molecule has 0 bridgehead atoms. The molecule has 0 fully saturated rings. The Morgan fingerprint density at radius 2 is 1.94 bits per heavy atom. The van der Waals surface area contributed by atoms with Crippen LogP contribution in [0.2, 0.25) is 0 Å². The maximum atomic E-state index is 11.2. The molecular formula is C14H24N2O2. The lowest BCUT2D eigenvalue weighted by Gasteiger charge is -2.06. The smallest absolute Gasteiger partial charge is 0.334 e. The molecule has 18 heavy (non-hydrogen) atoms. The Kier molecular flexibility index (Phi) is 13.9. The summed E-state index contributed by atoms with van der Waals surface area (Å²) in [7, 11) is 0. The number of esters is 1. The van der Waals surface area contributed by atoms with E-state index in [2.05, 4.69) is 30.0 Å². The molecule has 0 radical (unpaired) electrons. The van der Waals surface area contributed by atoms with Gasteiger partial charge < -0.3 is 10.1 Å². The summed E-state index contributed by atoms with van der Waals surface area (Å²) in [5, 5.41) is 3.01. The molecule has 0 aliphatic carbocycles. The zero-order chi connectivity index (χ0) is 14.4. The minimum atomic E-state index is -0.379. The number of nitrogens with zero attached hydrogens (tertiary/aromatic N) is 1. The molecule has 0 unspecified atom stereocenters. The number of nitrogens with one attached hydrogen (secondary N) is 1. The van der Waals surface area contributed by atoms with Gasteiger partial charge in [-0.3, -0.25) is 4.99 Å². The van der Waals surface area contributed by atoms with Crippen LogP contribution in [0.5, 0.6) is 0 Å². The Bertz CT molecular complexity index is 307. The Morgan fingerprint density at radius 3 is 2.39 bits per heavy atom. The van der Waals surface area contributed by atoms with Crippen LogP contribution in [0.1, 0.15) is 20.8 Å². The van der Waals surface area contributed by atoms with Gasteiger partial charge in [0, 0.05) is 24.9 Å². The second-order valence-corrected chi connectivity index (χ2v) is 2.93. The third kappa shape index (κ3) is 9.54. The summed E-state index contributed by atoms with van der Waals surface area (Å²) < 4.78 is 4.79. The van der Waals surface area contributed by atoms with Gasteiger partial charge in [-0.2, -0.15) is 0 Å². The molecule has 0 aromatic carbocycles. The molecule has 0 atom stereocenters. The van der Waals surface area contributed by atoms with E-state index in [0.717, 1.165) is 5.71 Å². The van der Waals surface area contributed by atoms with E-state index >= 15 is 0 Å². The summed E-state index contributed by atoms with van der Waals surface area (Å²) in [6, 6.07) is 0. The van der Waals surface area contributed by atoms with Crippen molar-refractivity contribution in [2.45, 2.75) is 20.8 Å². The Morgan fingerprint density at radius 1 is 1.33 bits per heavy atom. The number of hydrogen-bond acceptors (Lipinski definition) is 4. The average Bonchev–Trinajstić information content (AvgIpc) is 2.40. The van der Waals surface area contributed by atoms with Gasteiger partial charge in [0.1, 0.15) is 0 Å². The van der Waals surface area contributed by atoms with Gasteiger partial charge in [0.15, 0.2) is 0 Å². The third-order valence-corrected chi connectivity index (χ3v) is 1.70. The molecular weight excluding hydrogens is 228 g/mol. The Labute approximate surface area is 110 Å². The Hall–Kier alpha value is -1.68. The van der Waals surface area contributed by atoms with E-state index in [1.165, 1.54) is 6.20 Å². The maximum Gasteiger partial charge on any atom is 0.334 e. The van der Waals surface area contributed by atoms with Crippen LogP contribution >= 0.6 is 0 Å². The first-order chi connectivity index (χ1) is 8.65. The molecule has 1 N–H and O–H groups in total. The van der Waals surface area contributed by atoms with E-state index in [1.54, 1.807) is 13.0 Å². The maximum absolute atomic E-state index is 11.2. The van der Waals surface area contributed by atoms with Crippen LogP contribution in [0.25, 0.3) is 0 Å². The molecule has 0 aromatic heterocycles. The van der Waals surface area contributed by atoms with Crippen molar-refractivity contribution in [2.24, 2.45) is 4.99 Å². The molecule has 4 heteroatoms. The van der Waals surface area contributed by atoms with E-state index < -0.39 is 0 Å². The van der Waals surface area contributed by atoms with E-state index in [0.29, 0.717) is 25.3 Å². The van der Waals surface area contributed by atoms with E-state index in [9.17, 15) is 4.79 Å². The lowest BCUT2D eigenvalue weighted by atomic mass is 10.3. The molecule has 0 saturated heterocycles. The normalized spacial score (nSPS) is 9.83. The first kappa shape index (κ1) is 18.7. The van der Waals surface area contributed by atoms with Crippen LogP contribution in [0.3, 0.4) is 0 Å². The first-order valence-corrected chi connectivity index (χ1v) is 6.01. The summed E-state index contributed by atoms with van der Waals surface area (Å²) in [5.74, 6) is -0.379. The van der Waals surface area contributed by atoms with Gasteiger partial charge >= 0.3 is 5.97 Å². The number of rotatable bonds is 8. The minimum absolute atomic E-state index is 0.355. The van der Waals surface area contributed by atoms with Gasteiger partial charge in [-0.05, 0) is 13.0 Å². The molecule has 0 aliphatic rings. The summed E-state index contributed by atoms with van der Waals surface area (Å²) in [4.78, 5) is 15.2. The molecule has 0 saturated carbocycles. The van der Waals surface area contributed by atoms with Crippen LogP contribution in [0, 0.1) is 0 Å². The van der Waals surface area contributed by atoms with E-state index in [1.807, 2.05) is 13.8 Å². The largest absolute Gasteiger partial charge is 0.463 e. The van der Waals surface area contributed by atoms with Gasteiger partial charge in [-0.1, -0.05) is 33.6 Å². The van der Waals surface area contributed by atoms with Gasteiger partial charge in [0.2, 0.25) is 0 Å². The lowest BCUT2D eigenvalue weighted by Crippen LogP contribution is -2.26. The molecule has 0 aliphatic heterocycles. The topological polar surface area (TPSA) is 50.7 Å². The highest BCUT2D eigenvalue weighted by Gasteiger charge is 2.06. The first-order valence-electron chi connectivity index (χ1n) is 6.01. The van der Waals surface area contributed by atoms with Crippen molar-refractivity contribution < 1.29 is 9.53 Å². The second kappa shape index (κ2) is 13.4. The minimum Gasteiger partial charge on any atom is -0.463 e. The van der Waals surface area contributed by atoms with Gasteiger partial charge in [-0.25, -0.2) is 4.79 Å². The number of aliphatic imine (C=N–C) groups is 1. The lowest BCUT2D eigenvalue weighted by molar-refractivity contribution is -0.138. The molecule has 0 amide bonds. The second-order valence-electron chi connectivity index (χ2n) is 2.93. The van der Waals surface area contributed by atoms with Gasteiger partial charge in [0.05, 0.1) is 12.3 Å². The highest BCUT2D eigenvalue weighted by Crippen LogP contribution is 1.92. The highest BCUT2D eigenvalue weighted by atomic mass is 16.5. The molecule has 102 valence electrons. The third-order valence-electron chi connectivity index (χ3n) is 1.70. The van der Waals surface area contributed by atoms with Crippen LogP contribution in [-0.4, -0.2) is 31.4 Å². The van der Waals surface area contributed by atoms with Crippen molar-refractivity contribution in [3.63, 3.8) is 0 Å². The molecule has 0 spiro atoms. The molecule has 4 nitrogen and oxygen atoms in total. The van der Waals surface area contributed by atoms with Gasteiger partial charge in [-0.15, -0.1) is 0 Å². The molecule has 0 rings (SSSR count). The fourth-order valence-corrected chi connectivity index (χ4v) is 0.935. The summed E-state index contributed by atoms with van der Waals surface area (Å²) >= 11 is 0. The zero-order valence-corrected chi connectivity index (χ0v) is 11.7. The van der Waals surface area contributed by atoms with Crippen LogP contribution in [0.15, 0.2) is 42.6 Å². The zero-order valence-electron chi connectivity index (χ0n) is 11.7. The predicted octanol–water partition coefficient (Wildman–Crippen LogP) is 2.49. The fraction of sp³-hybridized carbons (Fsp3) is 0.429. The summed E-state index contributed by atoms with van der Waals surface area (Å²) in [6.07, 6.45) is 3.07. The van der Waals surface area contributed by atoms with Crippen molar-refractivity contribution in [1.82, 2.24) is 5.32 Å². The number of ether oxygens (including phenoxy) is 1. The number of carbonyl (C=O) groups excluding carboxylic acids is 1. The van der Waals surface area contributed by atoms with Crippen molar-refractivity contribution in [3.05, 3.63) is 37.6 Å². The van der Waals surface area contributed by atoms with E-state index in [-0.39, 0.29) is 5.97 Å². The van der Waals surface area contributed by atoms with Crippen LogP contribution in [-0.2, 0) is 9.53 Å². The van der Waals surface area contributed by atoms with Crippen molar-refractivity contribution in [3.8, 4) is 0 Å².